The van der Waals surface area contributed by atoms with E-state index in [-0.39, 0.29) is 0 Å². The van der Waals surface area contributed by atoms with E-state index >= 15 is 0 Å². The van der Waals surface area contributed by atoms with Crippen molar-refractivity contribution in [3.05, 3.63) is 12.3 Å². The molecule has 1 rings (SSSR count). The molecule has 52 valence electrons. The van der Waals surface area contributed by atoms with E-state index in [0.717, 1.165) is 19.4 Å². The number of hydrogen-bond acceptors (Lipinski definition) is 2. The van der Waals surface area contributed by atoms with E-state index in [1.165, 1.54) is 0 Å². The van der Waals surface area contributed by atoms with Gasteiger partial charge in [-0.15, -0.1) is 0 Å². The van der Waals surface area contributed by atoms with Crippen molar-refractivity contribution in [2.75, 3.05) is 13.7 Å². The smallest absolute Gasteiger partial charge is 0.104 e. The van der Waals surface area contributed by atoms with Gasteiger partial charge in [0.05, 0.1) is 6.26 Å². The molecule has 9 heavy (non-hydrogen) atoms. The maximum absolute atomic E-state index is 5.19. The molecule has 1 aliphatic rings. The third-order valence-electron chi connectivity index (χ3n) is 1.41. The summed E-state index contributed by atoms with van der Waals surface area (Å²) in [5, 5.41) is 0. The predicted octanol–water partition coefficient (Wildman–Crippen LogP) is 1.33. The summed E-state index contributed by atoms with van der Waals surface area (Å²) >= 11 is 0. The number of hydrogen-bond donors (Lipinski definition) is 0. The topological polar surface area (TPSA) is 18.5 Å². The van der Waals surface area contributed by atoms with Gasteiger partial charge in [-0.2, -0.15) is 0 Å². The summed E-state index contributed by atoms with van der Waals surface area (Å²) in [5.74, 6) is 0. The zero-order valence-electron chi connectivity index (χ0n) is 5.67. The highest BCUT2D eigenvalue weighted by Gasteiger charge is 2.09. The van der Waals surface area contributed by atoms with Crippen molar-refractivity contribution in [1.29, 1.82) is 0 Å². The third kappa shape index (κ3) is 2.06. The second kappa shape index (κ2) is 3.51. The van der Waals surface area contributed by atoms with Crippen molar-refractivity contribution < 1.29 is 9.47 Å². The van der Waals surface area contributed by atoms with Crippen LogP contribution in [-0.2, 0) is 9.47 Å². The van der Waals surface area contributed by atoms with Crippen molar-refractivity contribution in [2.45, 2.75) is 18.9 Å². The summed E-state index contributed by atoms with van der Waals surface area (Å²) in [7, 11) is 1.71. The molecule has 1 aliphatic heterocycles. The van der Waals surface area contributed by atoms with Gasteiger partial charge >= 0.3 is 0 Å². The fourth-order valence-electron chi connectivity index (χ4n) is 0.865. The van der Waals surface area contributed by atoms with Gasteiger partial charge in [-0.25, -0.2) is 0 Å². The minimum Gasteiger partial charge on any atom is -0.498 e. The summed E-state index contributed by atoms with van der Waals surface area (Å²) in [6.45, 7) is 0.798. The zero-order valence-corrected chi connectivity index (χ0v) is 5.67. The molecular weight excluding hydrogens is 116 g/mol. The first-order chi connectivity index (χ1) is 4.43. The maximum atomic E-state index is 5.19. The molecule has 0 aromatic heterocycles. The standard InChI is InChI=1S/C7H12O2/c1-8-6-4-7-3-2-5-9-7/h2,5,7H,3-4,6H2,1H3. The molecule has 0 aromatic carbocycles. The summed E-state index contributed by atoms with van der Waals surface area (Å²) < 4.78 is 10.1. The van der Waals surface area contributed by atoms with Gasteiger partial charge in [0.25, 0.3) is 0 Å². The van der Waals surface area contributed by atoms with Crippen molar-refractivity contribution in [3.63, 3.8) is 0 Å². The van der Waals surface area contributed by atoms with Crippen LogP contribution in [0.25, 0.3) is 0 Å². The lowest BCUT2D eigenvalue weighted by Gasteiger charge is -2.07. The summed E-state index contributed by atoms with van der Waals surface area (Å²) in [5.41, 5.74) is 0. The molecule has 2 heteroatoms. The Labute approximate surface area is 55.5 Å². The second-order valence-corrected chi connectivity index (χ2v) is 2.15. The van der Waals surface area contributed by atoms with Crippen LogP contribution in [0.1, 0.15) is 12.8 Å². The SMILES string of the molecule is COCCC1CC=CO1. The van der Waals surface area contributed by atoms with Gasteiger partial charge in [0.15, 0.2) is 0 Å². The molecule has 0 aromatic rings. The lowest BCUT2D eigenvalue weighted by Crippen LogP contribution is -2.07. The quantitative estimate of drug-likeness (QED) is 0.570. The van der Waals surface area contributed by atoms with Crippen LogP contribution in [0.2, 0.25) is 0 Å². The Morgan fingerprint density at radius 1 is 1.78 bits per heavy atom. The van der Waals surface area contributed by atoms with E-state index < -0.39 is 0 Å². The molecule has 0 bridgehead atoms. The number of methoxy groups -OCH3 is 1. The van der Waals surface area contributed by atoms with Crippen molar-refractivity contribution in [3.8, 4) is 0 Å². The Hall–Kier alpha value is -0.500. The van der Waals surface area contributed by atoms with E-state index in [0.29, 0.717) is 6.10 Å². The lowest BCUT2D eigenvalue weighted by atomic mass is 10.2. The molecule has 0 saturated heterocycles. The van der Waals surface area contributed by atoms with Gasteiger partial charge in [-0.3, -0.25) is 0 Å². The Kier molecular flexibility index (Phi) is 2.58. The van der Waals surface area contributed by atoms with Gasteiger partial charge in [0, 0.05) is 26.6 Å². The van der Waals surface area contributed by atoms with Crippen LogP contribution in [0.15, 0.2) is 12.3 Å². The first-order valence-corrected chi connectivity index (χ1v) is 3.23. The Morgan fingerprint density at radius 3 is 3.22 bits per heavy atom. The molecule has 0 fully saturated rings. The normalized spacial score (nSPS) is 24.3. The van der Waals surface area contributed by atoms with Crippen LogP contribution in [-0.4, -0.2) is 19.8 Å². The molecule has 0 N–H and O–H groups in total. The van der Waals surface area contributed by atoms with E-state index in [4.69, 9.17) is 9.47 Å². The molecule has 0 radical (unpaired) electrons. The highest BCUT2D eigenvalue weighted by atomic mass is 16.5. The molecule has 0 amide bonds. The van der Waals surface area contributed by atoms with Gasteiger partial charge in [0.1, 0.15) is 6.10 Å². The highest BCUT2D eigenvalue weighted by molar-refractivity contribution is 4.86. The van der Waals surface area contributed by atoms with Crippen LogP contribution >= 0.6 is 0 Å². The minimum atomic E-state index is 0.380. The monoisotopic (exact) mass is 128 g/mol. The van der Waals surface area contributed by atoms with E-state index in [2.05, 4.69) is 0 Å². The van der Waals surface area contributed by atoms with Crippen molar-refractivity contribution in [2.24, 2.45) is 0 Å². The first kappa shape index (κ1) is 6.62. The van der Waals surface area contributed by atoms with Gasteiger partial charge in [0.2, 0.25) is 0 Å². The second-order valence-electron chi connectivity index (χ2n) is 2.15. The number of ether oxygens (including phenoxy) is 2. The largest absolute Gasteiger partial charge is 0.498 e. The molecule has 1 atom stereocenters. The molecule has 1 heterocycles. The average Bonchev–Trinajstić information content (AvgIpc) is 2.34. The first-order valence-electron chi connectivity index (χ1n) is 3.23. The lowest BCUT2D eigenvalue weighted by molar-refractivity contribution is 0.110. The summed E-state index contributed by atoms with van der Waals surface area (Å²) in [6, 6.07) is 0. The van der Waals surface area contributed by atoms with E-state index in [1.807, 2.05) is 6.08 Å². The van der Waals surface area contributed by atoms with Crippen LogP contribution in [0.3, 0.4) is 0 Å². The summed E-state index contributed by atoms with van der Waals surface area (Å²) in [4.78, 5) is 0. The maximum Gasteiger partial charge on any atom is 0.104 e. The molecule has 0 spiro atoms. The van der Waals surface area contributed by atoms with Crippen LogP contribution in [0, 0.1) is 0 Å². The Bertz CT molecular complexity index is 91.1. The summed E-state index contributed by atoms with van der Waals surface area (Å²) in [6.07, 6.45) is 6.23. The highest BCUT2D eigenvalue weighted by Crippen LogP contribution is 2.11. The van der Waals surface area contributed by atoms with Crippen LogP contribution in [0.5, 0.6) is 0 Å². The van der Waals surface area contributed by atoms with Crippen molar-refractivity contribution >= 4 is 0 Å². The molecule has 0 saturated carbocycles. The average molecular weight is 128 g/mol. The Balaban J connectivity index is 2.01. The van der Waals surface area contributed by atoms with Crippen LogP contribution < -0.4 is 0 Å². The fraction of sp³-hybridized carbons (Fsp3) is 0.714. The van der Waals surface area contributed by atoms with Crippen LogP contribution in [0.4, 0.5) is 0 Å². The predicted molar refractivity (Wildman–Crippen MR) is 35.1 cm³/mol. The van der Waals surface area contributed by atoms with E-state index in [1.54, 1.807) is 13.4 Å². The van der Waals surface area contributed by atoms with E-state index in [9.17, 15) is 0 Å². The molecule has 0 aliphatic carbocycles. The fourth-order valence-corrected chi connectivity index (χ4v) is 0.865. The van der Waals surface area contributed by atoms with Crippen molar-refractivity contribution in [1.82, 2.24) is 0 Å². The molecular formula is C7H12O2. The van der Waals surface area contributed by atoms with Gasteiger partial charge in [-0.05, 0) is 6.08 Å². The van der Waals surface area contributed by atoms with Gasteiger partial charge < -0.3 is 9.47 Å². The molecule has 1 unspecified atom stereocenters. The Morgan fingerprint density at radius 2 is 2.67 bits per heavy atom. The zero-order chi connectivity index (χ0) is 6.53. The third-order valence-corrected chi connectivity index (χ3v) is 1.41. The van der Waals surface area contributed by atoms with Gasteiger partial charge in [-0.1, -0.05) is 0 Å². The molecule has 2 nitrogen and oxygen atoms in total. The minimum absolute atomic E-state index is 0.380. The number of rotatable bonds is 3.